The van der Waals surface area contributed by atoms with Gasteiger partial charge < -0.3 is 13.9 Å². The molecule has 0 bridgehead atoms. The summed E-state index contributed by atoms with van der Waals surface area (Å²) in [6.07, 6.45) is 6.82. The van der Waals surface area contributed by atoms with E-state index in [1.54, 1.807) is 0 Å². The van der Waals surface area contributed by atoms with E-state index in [-0.39, 0.29) is 6.61 Å². The second-order valence-corrected chi connectivity index (χ2v) is 8.03. The molecule has 0 radical (unpaired) electrons. The molecule has 0 saturated carbocycles. The first-order valence-electron chi connectivity index (χ1n) is 10.5. The molecule has 0 atom stereocenters. The van der Waals surface area contributed by atoms with Gasteiger partial charge in [-0.05, 0) is 43.5 Å². The molecule has 3 aromatic heterocycles. The van der Waals surface area contributed by atoms with E-state index in [0.29, 0.717) is 23.4 Å². The molecule has 0 aliphatic carbocycles. The predicted molar refractivity (Wildman–Crippen MR) is 120 cm³/mol. The number of hydrogen-bond acceptors (Lipinski definition) is 6. The molecule has 31 heavy (non-hydrogen) atoms. The number of imidazole rings is 1. The molecule has 7 heteroatoms. The van der Waals surface area contributed by atoms with Crippen LogP contribution in [0, 0.1) is 13.8 Å². The summed E-state index contributed by atoms with van der Waals surface area (Å²) in [5.41, 5.74) is 5.94. The third-order valence-electron chi connectivity index (χ3n) is 5.82. The molecule has 158 valence electrons. The summed E-state index contributed by atoms with van der Waals surface area (Å²) in [5.74, 6) is 0. The summed E-state index contributed by atoms with van der Waals surface area (Å²) >= 11 is 0. The lowest BCUT2D eigenvalue weighted by atomic mass is 9.98. The van der Waals surface area contributed by atoms with Gasteiger partial charge in [-0.1, -0.05) is 18.2 Å². The zero-order chi connectivity index (χ0) is 21.5. The lowest BCUT2D eigenvalue weighted by molar-refractivity contribution is 0.208. The average molecular weight is 416 g/mol. The van der Waals surface area contributed by atoms with Gasteiger partial charge in [-0.15, -0.1) is 0 Å². The fraction of sp³-hybridized carbons (Fsp3) is 0.292. The van der Waals surface area contributed by atoms with E-state index in [4.69, 9.17) is 9.52 Å². The summed E-state index contributed by atoms with van der Waals surface area (Å²) in [6, 6.07) is 7.85. The van der Waals surface area contributed by atoms with Crippen LogP contribution >= 0.6 is 0 Å². The zero-order valence-electron chi connectivity index (χ0n) is 17.6. The lowest BCUT2D eigenvalue weighted by Crippen LogP contribution is -2.31. The van der Waals surface area contributed by atoms with E-state index >= 15 is 0 Å². The summed E-state index contributed by atoms with van der Waals surface area (Å²) in [4.78, 5) is 24.1. The molecule has 0 spiro atoms. The topological polar surface area (TPSA) is 83.9 Å². The maximum absolute atomic E-state index is 12.8. The van der Waals surface area contributed by atoms with Crippen LogP contribution in [0.25, 0.3) is 33.4 Å². The molecule has 4 heterocycles. The van der Waals surface area contributed by atoms with Crippen LogP contribution in [-0.4, -0.2) is 50.6 Å². The first-order valence-corrected chi connectivity index (χ1v) is 10.5. The Morgan fingerprint density at radius 2 is 2.03 bits per heavy atom. The van der Waals surface area contributed by atoms with Crippen LogP contribution in [0.4, 0.5) is 0 Å². The molecule has 0 saturated heterocycles. The number of benzene rings is 1. The van der Waals surface area contributed by atoms with Gasteiger partial charge in [0.2, 0.25) is 0 Å². The van der Waals surface area contributed by atoms with Crippen molar-refractivity contribution in [2.75, 3.05) is 26.2 Å². The highest BCUT2D eigenvalue weighted by Gasteiger charge is 2.16. The van der Waals surface area contributed by atoms with Gasteiger partial charge in [0, 0.05) is 37.4 Å². The number of fused-ring (bicyclic) bond motifs is 2. The van der Waals surface area contributed by atoms with Crippen LogP contribution in [0.1, 0.15) is 23.4 Å². The van der Waals surface area contributed by atoms with Crippen molar-refractivity contribution < 1.29 is 9.52 Å². The van der Waals surface area contributed by atoms with E-state index in [1.165, 1.54) is 5.57 Å². The van der Waals surface area contributed by atoms with Gasteiger partial charge >= 0.3 is 5.63 Å². The minimum absolute atomic E-state index is 0.175. The molecule has 1 aliphatic rings. The summed E-state index contributed by atoms with van der Waals surface area (Å²) in [5, 5.41) is 9.96. The number of aromatic nitrogens is 3. The molecule has 1 aliphatic heterocycles. The Morgan fingerprint density at radius 1 is 1.16 bits per heavy atom. The van der Waals surface area contributed by atoms with Crippen molar-refractivity contribution in [2.24, 2.45) is 0 Å². The number of β-amino-alcohol motifs (C(OH)–C–C–N with tert-alkyl or cyclic N) is 1. The summed E-state index contributed by atoms with van der Waals surface area (Å²) in [6.45, 7) is 6.44. The van der Waals surface area contributed by atoms with Gasteiger partial charge in [0.15, 0.2) is 5.65 Å². The Morgan fingerprint density at radius 3 is 2.81 bits per heavy atom. The van der Waals surface area contributed by atoms with Crippen molar-refractivity contribution in [3.8, 4) is 11.3 Å². The van der Waals surface area contributed by atoms with Crippen molar-refractivity contribution in [1.29, 1.82) is 0 Å². The van der Waals surface area contributed by atoms with E-state index < -0.39 is 5.63 Å². The smallest absolute Gasteiger partial charge is 0.345 e. The molecule has 4 aromatic rings. The van der Waals surface area contributed by atoms with Gasteiger partial charge in [-0.2, -0.15) is 0 Å². The van der Waals surface area contributed by atoms with Gasteiger partial charge in [-0.3, -0.25) is 9.88 Å². The number of aliphatic hydroxyl groups is 1. The standard InChI is InChI=1S/C24H24N4O3/c1-15-13-28-14-21(26-23(28)16(2)25-15)20-11-19-4-3-18(12-22(19)31-24(20)30)17-5-7-27(8-6-17)9-10-29/h3-5,11-14,29H,6-10H2,1-2H3. The minimum atomic E-state index is -0.401. The molecule has 7 nitrogen and oxygen atoms in total. The third-order valence-corrected chi connectivity index (χ3v) is 5.82. The number of hydrogen-bond donors (Lipinski definition) is 1. The highest BCUT2D eigenvalue weighted by Crippen LogP contribution is 2.27. The monoisotopic (exact) mass is 416 g/mol. The van der Waals surface area contributed by atoms with E-state index in [2.05, 4.69) is 27.0 Å². The van der Waals surface area contributed by atoms with Crippen LogP contribution in [-0.2, 0) is 0 Å². The summed E-state index contributed by atoms with van der Waals surface area (Å²) < 4.78 is 7.60. The molecular formula is C24H24N4O3. The Hall–Kier alpha value is -3.29. The van der Waals surface area contributed by atoms with Gasteiger partial charge in [-0.25, -0.2) is 9.78 Å². The molecule has 0 amide bonds. The summed E-state index contributed by atoms with van der Waals surface area (Å²) in [7, 11) is 0. The highest BCUT2D eigenvalue weighted by atomic mass is 16.4. The van der Waals surface area contributed by atoms with Crippen molar-refractivity contribution in [3.05, 3.63) is 70.1 Å². The van der Waals surface area contributed by atoms with E-state index in [9.17, 15) is 4.79 Å². The van der Waals surface area contributed by atoms with Crippen LogP contribution < -0.4 is 5.63 Å². The molecule has 1 N–H and O–H groups in total. The first-order chi connectivity index (χ1) is 15.0. The Kier molecular flexibility index (Phi) is 4.92. The molecule has 5 rings (SSSR count). The number of aliphatic hydroxyl groups excluding tert-OH is 1. The second-order valence-electron chi connectivity index (χ2n) is 8.03. The average Bonchev–Trinajstić information content (AvgIpc) is 3.18. The van der Waals surface area contributed by atoms with Crippen molar-refractivity contribution >= 4 is 22.2 Å². The fourth-order valence-corrected chi connectivity index (χ4v) is 4.24. The maximum Gasteiger partial charge on any atom is 0.345 e. The van der Waals surface area contributed by atoms with Crippen molar-refractivity contribution in [1.82, 2.24) is 19.3 Å². The molecular weight excluding hydrogens is 392 g/mol. The second kappa shape index (κ2) is 7.76. The number of aryl methyl sites for hydroxylation is 2. The highest BCUT2D eigenvalue weighted by molar-refractivity contribution is 5.85. The molecule has 1 aromatic carbocycles. The molecule has 0 unspecified atom stereocenters. The van der Waals surface area contributed by atoms with Crippen LogP contribution in [0.2, 0.25) is 0 Å². The maximum atomic E-state index is 12.8. The Bertz CT molecular complexity index is 1380. The minimum Gasteiger partial charge on any atom is -0.422 e. The van der Waals surface area contributed by atoms with E-state index in [0.717, 1.165) is 47.5 Å². The number of rotatable bonds is 4. The van der Waals surface area contributed by atoms with Crippen molar-refractivity contribution in [3.63, 3.8) is 0 Å². The Balaban J connectivity index is 1.52. The fourth-order valence-electron chi connectivity index (χ4n) is 4.24. The lowest BCUT2D eigenvalue weighted by Gasteiger charge is -2.25. The quantitative estimate of drug-likeness (QED) is 0.515. The third kappa shape index (κ3) is 3.66. The molecule has 0 fully saturated rings. The van der Waals surface area contributed by atoms with Gasteiger partial charge in [0.25, 0.3) is 0 Å². The number of nitrogens with zero attached hydrogens (tertiary/aromatic N) is 4. The Labute approximate surface area is 179 Å². The first kappa shape index (κ1) is 19.7. The largest absolute Gasteiger partial charge is 0.422 e. The van der Waals surface area contributed by atoms with Crippen molar-refractivity contribution in [2.45, 2.75) is 20.3 Å². The zero-order valence-corrected chi connectivity index (χ0v) is 17.6. The van der Waals surface area contributed by atoms with Crippen LogP contribution in [0.15, 0.2) is 51.9 Å². The SMILES string of the molecule is Cc1cn2cc(-c3cc4ccc(C5=CCN(CCO)CC5)cc4oc3=O)nc2c(C)n1. The van der Waals surface area contributed by atoms with E-state index in [1.807, 2.05) is 48.8 Å². The van der Waals surface area contributed by atoms with Gasteiger partial charge in [0.05, 0.1) is 29.3 Å². The van der Waals surface area contributed by atoms with Crippen LogP contribution in [0.5, 0.6) is 0 Å². The predicted octanol–water partition coefficient (Wildman–Crippen LogP) is 3.20. The van der Waals surface area contributed by atoms with Crippen LogP contribution in [0.3, 0.4) is 0 Å². The normalized spacial score (nSPS) is 15.0. The van der Waals surface area contributed by atoms with Gasteiger partial charge in [0.1, 0.15) is 5.58 Å².